The van der Waals surface area contributed by atoms with Crippen LogP contribution in [0.2, 0.25) is 5.02 Å². The maximum absolute atomic E-state index is 11.5. The van der Waals surface area contributed by atoms with E-state index in [9.17, 15) is 5.11 Å². The van der Waals surface area contributed by atoms with E-state index in [1.54, 1.807) is 12.4 Å². The Morgan fingerprint density at radius 3 is 2.52 bits per heavy atom. The Labute approximate surface area is 163 Å². The Hall–Kier alpha value is -2.47. The first-order valence-corrected chi connectivity index (χ1v) is 9.21. The normalized spacial score (nSPS) is 20.8. The number of hydrogen-bond acceptors (Lipinski definition) is 4. The van der Waals surface area contributed by atoms with Crippen LogP contribution in [-0.2, 0) is 5.60 Å². The standard InChI is InChI=1S/C21H21ClN4O/c1-14-13-26(2)12-9-21(14,27)20-18(15-7-10-23-11-8-15)19(24-25-20)16-3-5-17(22)6-4-16/h3-8,10-11,27H,1,9,12-13H2,2H3,(H,24,25). The van der Waals surface area contributed by atoms with Crippen molar-refractivity contribution in [3.63, 3.8) is 0 Å². The number of pyridine rings is 1. The summed E-state index contributed by atoms with van der Waals surface area (Å²) in [6, 6.07) is 11.4. The van der Waals surface area contributed by atoms with Gasteiger partial charge in [-0.2, -0.15) is 5.10 Å². The molecule has 1 aliphatic heterocycles. The Bertz CT molecular complexity index is 968. The molecule has 0 aliphatic carbocycles. The van der Waals surface area contributed by atoms with Gasteiger partial charge in [0.2, 0.25) is 0 Å². The van der Waals surface area contributed by atoms with Gasteiger partial charge >= 0.3 is 0 Å². The van der Waals surface area contributed by atoms with Gasteiger partial charge in [-0.3, -0.25) is 10.1 Å². The molecule has 1 unspecified atom stereocenters. The molecule has 27 heavy (non-hydrogen) atoms. The average Bonchev–Trinajstić information content (AvgIpc) is 3.12. The first kappa shape index (κ1) is 17.9. The number of hydrogen-bond donors (Lipinski definition) is 2. The summed E-state index contributed by atoms with van der Waals surface area (Å²) in [6.45, 7) is 5.57. The lowest BCUT2D eigenvalue weighted by Crippen LogP contribution is -2.43. The van der Waals surface area contributed by atoms with E-state index in [1.807, 2.05) is 43.4 Å². The summed E-state index contributed by atoms with van der Waals surface area (Å²) in [5.74, 6) is 0. The highest BCUT2D eigenvalue weighted by molar-refractivity contribution is 6.30. The van der Waals surface area contributed by atoms with E-state index in [2.05, 4.69) is 26.7 Å². The van der Waals surface area contributed by atoms with Crippen LogP contribution in [0.1, 0.15) is 12.1 Å². The number of H-pyrrole nitrogens is 1. The Kier molecular flexibility index (Phi) is 4.60. The smallest absolute Gasteiger partial charge is 0.130 e. The van der Waals surface area contributed by atoms with Gasteiger partial charge < -0.3 is 10.0 Å². The van der Waals surface area contributed by atoms with Crippen molar-refractivity contribution in [2.75, 3.05) is 20.1 Å². The molecule has 0 bridgehead atoms. The van der Waals surface area contributed by atoms with Gasteiger partial charge in [-0.15, -0.1) is 0 Å². The summed E-state index contributed by atoms with van der Waals surface area (Å²) >= 11 is 6.05. The van der Waals surface area contributed by atoms with Crippen molar-refractivity contribution >= 4 is 11.6 Å². The van der Waals surface area contributed by atoms with Crippen molar-refractivity contribution in [2.45, 2.75) is 12.0 Å². The van der Waals surface area contributed by atoms with Crippen LogP contribution in [0.15, 0.2) is 60.9 Å². The Morgan fingerprint density at radius 2 is 1.85 bits per heavy atom. The van der Waals surface area contributed by atoms with E-state index in [1.165, 1.54) is 0 Å². The SMILES string of the molecule is C=C1CN(C)CCC1(O)c1[nH]nc(-c2ccc(Cl)cc2)c1-c1ccncc1. The summed E-state index contributed by atoms with van der Waals surface area (Å²) in [6.07, 6.45) is 4.04. The van der Waals surface area contributed by atoms with Crippen molar-refractivity contribution in [2.24, 2.45) is 0 Å². The molecule has 0 amide bonds. The van der Waals surface area contributed by atoms with Gasteiger partial charge in [-0.25, -0.2) is 0 Å². The van der Waals surface area contributed by atoms with E-state index in [-0.39, 0.29) is 0 Å². The molecule has 5 nitrogen and oxygen atoms in total. The first-order chi connectivity index (χ1) is 13.0. The molecule has 1 aliphatic rings. The number of piperidine rings is 1. The molecule has 4 rings (SSSR count). The fourth-order valence-electron chi connectivity index (χ4n) is 3.62. The molecular weight excluding hydrogens is 360 g/mol. The van der Waals surface area contributed by atoms with Gasteiger partial charge in [0.1, 0.15) is 11.3 Å². The quantitative estimate of drug-likeness (QED) is 0.677. The molecular formula is C21H21ClN4O. The first-order valence-electron chi connectivity index (χ1n) is 8.83. The van der Waals surface area contributed by atoms with Crippen LogP contribution >= 0.6 is 11.6 Å². The Balaban J connectivity index is 1.91. The van der Waals surface area contributed by atoms with Crippen LogP contribution in [0.4, 0.5) is 0 Å². The van der Waals surface area contributed by atoms with Gasteiger partial charge in [0.05, 0.1) is 5.69 Å². The van der Waals surface area contributed by atoms with Crippen molar-refractivity contribution < 1.29 is 5.11 Å². The molecule has 138 valence electrons. The highest BCUT2D eigenvalue weighted by atomic mass is 35.5. The zero-order valence-electron chi connectivity index (χ0n) is 15.1. The van der Waals surface area contributed by atoms with Crippen LogP contribution in [0.3, 0.4) is 0 Å². The van der Waals surface area contributed by atoms with Gasteiger partial charge in [-0.1, -0.05) is 30.3 Å². The topological polar surface area (TPSA) is 65.0 Å². The summed E-state index contributed by atoms with van der Waals surface area (Å²) < 4.78 is 0. The van der Waals surface area contributed by atoms with Crippen molar-refractivity contribution in [1.82, 2.24) is 20.1 Å². The average molecular weight is 381 g/mol. The third kappa shape index (κ3) is 3.18. The summed E-state index contributed by atoms with van der Waals surface area (Å²) in [5, 5.41) is 19.9. The van der Waals surface area contributed by atoms with E-state index in [4.69, 9.17) is 11.6 Å². The van der Waals surface area contributed by atoms with Crippen molar-refractivity contribution in [1.29, 1.82) is 0 Å². The highest BCUT2D eigenvalue weighted by Gasteiger charge is 2.40. The number of rotatable bonds is 3. The molecule has 1 saturated heterocycles. The lowest BCUT2D eigenvalue weighted by molar-refractivity contribution is 0.0272. The predicted octanol–water partition coefficient (Wildman–Crippen LogP) is 3.87. The number of benzene rings is 1. The third-order valence-electron chi connectivity index (χ3n) is 5.17. The summed E-state index contributed by atoms with van der Waals surface area (Å²) in [4.78, 5) is 6.27. The monoisotopic (exact) mass is 380 g/mol. The van der Waals surface area contributed by atoms with E-state index >= 15 is 0 Å². The minimum atomic E-state index is -1.15. The second-order valence-electron chi connectivity index (χ2n) is 7.02. The molecule has 3 heterocycles. The maximum Gasteiger partial charge on any atom is 0.130 e. The minimum Gasteiger partial charge on any atom is -0.379 e. The van der Waals surface area contributed by atoms with Crippen molar-refractivity contribution in [3.05, 3.63) is 71.7 Å². The van der Waals surface area contributed by atoms with Crippen LogP contribution in [-0.4, -0.2) is 45.3 Å². The van der Waals surface area contributed by atoms with E-state index in [0.29, 0.717) is 23.7 Å². The second kappa shape index (κ2) is 6.93. The molecule has 0 spiro atoms. The molecule has 6 heteroatoms. The fraction of sp³-hybridized carbons (Fsp3) is 0.238. The number of likely N-dealkylation sites (N-methyl/N-ethyl adjacent to an activating group) is 1. The van der Waals surface area contributed by atoms with Crippen LogP contribution in [0, 0.1) is 0 Å². The molecule has 3 aromatic rings. The highest BCUT2D eigenvalue weighted by Crippen LogP contribution is 2.43. The predicted molar refractivity (Wildman–Crippen MR) is 107 cm³/mol. The molecule has 1 atom stereocenters. The second-order valence-corrected chi connectivity index (χ2v) is 7.45. The van der Waals surface area contributed by atoms with Gasteiger partial charge in [0, 0.05) is 41.6 Å². The lowest BCUT2D eigenvalue weighted by atomic mass is 9.81. The summed E-state index contributed by atoms with van der Waals surface area (Å²) in [7, 11) is 2.03. The fourth-order valence-corrected chi connectivity index (χ4v) is 3.75. The number of nitrogens with one attached hydrogen (secondary N) is 1. The molecule has 1 aromatic carbocycles. The number of aromatic nitrogens is 3. The van der Waals surface area contributed by atoms with E-state index in [0.717, 1.165) is 34.5 Å². The molecule has 2 aromatic heterocycles. The molecule has 0 radical (unpaired) electrons. The van der Waals surface area contributed by atoms with Crippen molar-refractivity contribution in [3.8, 4) is 22.4 Å². The van der Waals surface area contributed by atoms with Crippen LogP contribution < -0.4 is 0 Å². The van der Waals surface area contributed by atoms with Gasteiger partial charge in [0.15, 0.2) is 0 Å². The maximum atomic E-state index is 11.5. The number of likely N-dealkylation sites (tertiary alicyclic amines) is 1. The zero-order valence-corrected chi connectivity index (χ0v) is 15.9. The minimum absolute atomic E-state index is 0.558. The number of nitrogens with zero attached hydrogens (tertiary/aromatic N) is 3. The third-order valence-corrected chi connectivity index (χ3v) is 5.42. The van der Waals surface area contributed by atoms with E-state index < -0.39 is 5.60 Å². The molecule has 1 fully saturated rings. The summed E-state index contributed by atoms with van der Waals surface area (Å²) in [5.41, 5.74) is 3.80. The number of aliphatic hydroxyl groups is 1. The number of halogens is 1. The van der Waals surface area contributed by atoms with Crippen LogP contribution in [0.5, 0.6) is 0 Å². The number of aromatic amines is 1. The molecule has 2 N–H and O–H groups in total. The zero-order chi connectivity index (χ0) is 19.0. The van der Waals surface area contributed by atoms with Gasteiger partial charge in [0.25, 0.3) is 0 Å². The Morgan fingerprint density at radius 1 is 1.15 bits per heavy atom. The lowest BCUT2D eigenvalue weighted by Gasteiger charge is -2.38. The van der Waals surface area contributed by atoms with Crippen LogP contribution in [0.25, 0.3) is 22.4 Å². The largest absolute Gasteiger partial charge is 0.379 e. The molecule has 0 saturated carbocycles. The van der Waals surface area contributed by atoms with Gasteiger partial charge in [-0.05, 0) is 48.9 Å².